The highest BCUT2D eigenvalue weighted by Gasteiger charge is 2.28. The van der Waals surface area contributed by atoms with Crippen molar-refractivity contribution in [2.24, 2.45) is 5.92 Å². The van der Waals surface area contributed by atoms with Crippen LogP contribution in [-0.2, 0) is 16.0 Å². The van der Waals surface area contributed by atoms with Gasteiger partial charge in [-0.3, -0.25) is 4.68 Å². The Labute approximate surface area is 250 Å². The third-order valence-corrected chi connectivity index (χ3v) is 7.11. The van der Waals surface area contributed by atoms with E-state index in [-0.39, 0.29) is 12.2 Å². The molecule has 1 amide bonds. The van der Waals surface area contributed by atoms with Crippen molar-refractivity contribution in [2.75, 3.05) is 61.0 Å². The zero-order valence-corrected chi connectivity index (χ0v) is 24.8. The molecule has 3 aliphatic rings. The largest absolute Gasteiger partial charge is 0.444 e. The standard InChI is InChI=1S/C29H37N11O3/c1-29(2,3)43-28(41)39-12-13-42-24(18-39)19-40-17-23(16-34-40)35-25-32-20-33-27(36-25)38-10-8-37(9-11-38)26-30-14-22(15-31-26)7-6-21-4-5-21/h14-17,20-21,24H,4-5,8-13,18-19H2,1-3H3,(H,32,33,35,36)/t24-/m0/s1. The van der Waals surface area contributed by atoms with Crippen LogP contribution in [0.4, 0.5) is 28.3 Å². The average molecular weight is 588 g/mol. The third kappa shape index (κ3) is 7.86. The topological polar surface area (TPSA) is 140 Å². The van der Waals surface area contributed by atoms with Crippen LogP contribution in [0.2, 0.25) is 0 Å². The summed E-state index contributed by atoms with van der Waals surface area (Å²) in [6.07, 6.45) is 10.6. The first kappa shape index (κ1) is 28.6. The number of hydrogen-bond acceptors (Lipinski definition) is 12. The van der Waals surface area contributed by atoms with E-state index >= 15 is 0 Å². The van der Waals surface area contributed by atoms with Gasteiger partial charge in [-0.05, 0) is 33.6 Å². The van der Waals surface area contributed by atoms with Crippen molar-refractivity contribution in [2.45, 2.75) is 51.9 Å². The number of rotatable bonds is 6. The van der Waals surface area contributed by atoms with Crippen molar-refractivity contribution in [3.8, 4) is 11.8 Å². The summed E-state index contributed by atoms with van der Waals surface area (Å²) in [5.74, 6) is 8.71. The quantitative estimate of drug-likeness (QED) is 0.423. The molecule has 3 aromatic rings. The minimum absolute atomic E-state index is 0.194. The van der Waals surface area contributed by atoms with Crippen LogP contribution in [0, 0.1) is 17.8 Å². The fourth-order valence-corrected chi connectivity index (χ4v) is 4.76. The molecule has 1 saturated carbocycles. The molecule has 0 aromatic carbocycles. The van der Waals surface area contributed by atoms with Crippen LogP contribution in [0.5, 0.6) is 0 Å². The van der Waals surface area contributed by atoms with Crippen LogP contribution < -0.4 is 15.1 Å². The van der Waals surface area contributed by atoms with Crippen molar-refractivity contribution in [3.05, 3.63) is 36.7 Å². The van der Waals surface area contributed by atoms with E-state index in [1.807, 2.05) is 27.0 Å². The lowest BCUT2D eigenvalue weighted by molar-refractivity contribution is -0.0483. The molecule has 2 aliphatic heterocycles. The van der Waals surface area contributed by atoms with E-state index < -0.39 is 5.60 Å². The molecule has 1 atom stereocenters. The van der Waals surface area contributed by atoms with Crippen molar-refractivity contribution in [3.63, 3.8) is 0 Å². The molecule has 14 nitrogen and oxygen atoms in total. The van der Waals surface area contributed by atoms with Gasteiger partial charge in [0.1, 0.15) is 11.9 Å². The molecule has 0 radical (unpaired) electrons. The molecule has 43 heavy (non-hydrogen) atoms. The number of ether oxygens (including phenoxy) is 2. The molecule has 1 aliphatic carbocycles. The Balaban J connectivity index is 0.995. The van der Waals surface area contributed by atoms with Gasteiger partial charge in [-0.1, -0.05) is 11.8 Å². The minimum Gasteiger partial charge on any atom is -0.444 e. The average Bonchev–Trinajstić information content (AvgIpc) is 3.74. The summed E-state index contributed by atoms with van der Waals surface area (Å²) in [5, 5.41) is 7.66. The van der Waals surface area contributed by atoms with E-state index in [0.29, 0.717) is 50.0 Å². The summed E-state index contributed by atoms with van der Waals surface area (Å²) in [7, 11) is 0. The number of amides is 1. The van der Waals surface area contributed by atoms with Gasteiger partial charge in [0.05, 0.1) is 43.2 Å². The zero-order chi connectivity index (χ0) is 29.8. The maximum atomic E-state index is 12.5. The molecule has 1 N–H and O–H groups in total. The highest BCUT2D eigenvalue weighted by molar-refractivity contribution is 5.68. The SMILES string of the molecule is CC(C)(C)OC(=O)N1CCO[C@H](Cn2cc(Nc3ncnc(N4CCN(c5ncc(C#CC6CC6)cn5)CC4)n3)cn2)C1. The van der Waals surface area contributed by atoms with E-state index in [9.17, 15) is 4.79 Å². The predicted molar refractivity (Wildman–Crippen MR) is 159 cm³/mol. The van der Waals surface area contributed by atoms with Gasteiger partial charge in [-0.15, -0.1) is 0 Å². The molecule has 3 fully saturated rings. The Hall–Kier alpha value is -4.51. The fourth-order valence-electron chi connectivity index (χ4n) is 4.76. The van der Waals surface area contributed by atoms with Crippen LogP contribution in [0.15, 0.2) is 31.1 Å². The third-order valence-electron chi connectivity index (χ3n) is 7.11. The van der Waals surface area contributed by atoms with Crippen molar-refractivity contribution >= 4 is 29.6 Å². The van der Waals surface area contributed by atoms with Gasteiger partial charge in [0.25, 0.3) is 0 Å². The molecule has 2 saturated heterocycles. The first-order valence-electron chi connectivity index (χ1n) is 14.7. The number of nitrogens with one attached hydrogen (secondary N) is 1. The first-order valence-corrected chi connectivity index (χ1v) is 14.7. The van der Waals surface area contributed by atoms with Gasteiger partial charge in [0, 0.05) is 57.2 Å². The number of carbonyl (C=O) groups is 1. The second-order valence-corrected chi connectivity index (χ2v) is 11.9. The van der Waals surface area contributed by atoms with Crippen LogP contribution in [0.25, 0.3) is 0 Å². The van der Waals surface area contributed by atoms with E-state index in [1.54, 1.807) is 28.2 Å². The molecule has 0 spiro atoms. The van der Waals surface area contributed by atoms with Gasteiger partial charge in [-0.2, -0.15) is 10.1 Å². The normalized spacial score (nSPS) is 19.0. The lowest BCUT2D eigenvalue weighted by Gasteiger charge is -2.34. The summed E-state index contributed by atoms with van der Waals surface area (Å²) in [5.41, 5.74) is 1.06. The van der Waals surface area contributed by atoms with Crippen molar-refractivity contribution < 1.29 is 14.3 Å². The molecule has 226 valence electrons. The number of anilines is 4. The molecular formula is C29H37N11O3. The fraction of sp³-hybridized carbons (Fsp3) is 0.552. The Morgan fingerprint density at radius 3 is 2.49 bits per heavy atom. The maximum Gasteiger partial charge on any atom is 0.410 e. The Morgan fingerprint density at radius 1 is 1.02 bits per heavy atom. The highest BCUT2D eigenvalue weighted by Crippen LogP contribution is 2.27. The molecule has 14 heteroatoms. The van der Waals surface area contributed by atoms with Crippen LogP contribution in [-0.4, -0.2) is 103 Å². The lowest BCUT2D eigenvalue weighted by Crippen LogP contribution is -2.48. The summed E-state index contributed by atoms with van der Waals surface area (Å²) in [6.45, 7) is 10.4. The maximum absolute atomic E-state index is 12.5. The molecule has 5 heterocycles. The lowest BCUT2D eigenvalue weighted by atomic mass is 10.2. The Morgan fingerprint density at radius 2 is 1.77 bits per heavy atom. The molecular weight excluding hydrogens is 550 g/mol. The number of carbonyl (C=O) groups excluding carboxylic acids is 1. The van der Waals surface area contributed by atoms with Crippen molar-refractivity contribution in [1.29, 1.82) is 0 Å². The van der Waals surface area contributed by atoms with E-state index in [4.69, 9.17) is 9.47 Å². The monoisotopic (exact) mass is 587 g/mol. The van der Waals surface area contributed by atoms with Crippen LogP contribution in [0.1, 0.15) is 39.2 Å². The van der Waals surface area contributed by atoms with Gasteiger partial charge in [-0.25, -0.2) is 24.7 Å². The second-order valence-electron chi connectivity index (χ2n) is 11.9. The van der Waals surface area contributed by atoms with E-state index in [1.165, 1.54) is 19.2 Å². The predicted octanol–water partition coefficient (Wildman–Crippen LogP) is 2.33. The van der Waals surface area contributed by atoms with E-state index in [0.717, 1.165) is 37.4 Å². The van der Waals surface area contributed by atoms with Crippen LogP contribution >= 0.6 is 0 Å². The summed E-state index contributed by atoms with van der Waals surface area (Å²) < 4.78 is 13.2. The molecule has 6 rings (SSSR count). The van der Waals surface area contributed by atoms with Crippen LogP contribution in [0.3, 0.4) is 0 Å². The van der Waals surface area contributed by atoms with Gasteiger partial charge < -0.3 is 29.5 Å². The van der Waals surface area contributed by atoms with E-state index in [2.05, 4.69) is 57.0 Å². The minimum atomic E-state index is -0.539. The number of hydrogen-bond donors (Lipinski definition) is 1. The number of morpholine rings is 1. The second kappa shape index (κ2) is 12.4. The molecule has 3 aromatic heterocycles. The van der Waals surface area contributed by atoms with Gasteiger partial charge in [0.15, 0.2) is 0 Å². The van der Waals surface area contributed by atoms with Gasteiger partial charge in [0.2, 0.25) is 17.8 Å². The Kier molecular flexibility index (Phi) is 8.24. The summed E-state index contributed by atoms with van der Waals surface area (Å²) in [6, 6.07) is 0. The smallest absolute Gasteiger partial charge is 0.410 e. The summed E-state index contributed by atoms with van der Waals surface area (Å²) >= 11 is 0. The number of aromatic nitrogens is 7. The summed E-state index contributed by atoms with van der Waals surface area (Å²) in [4.78, 5) is 40.8. The zero-order valence-electron chi connectivity index (χ0n) is 24.8. The molecule has 0 unspecified atom stereocenters. The number of piperazine rings is 1. The Bertz CT molecular complexity index is 1470. The first-order chi connectivity index (χ1) is 20.8. The van der Waals surface area contributed by atoms with Crippen molar-refractivity contribution in [1.82, 2.24) is 39.6 Å². The molecule has 0 bridgehead atoms. The number of nitrogens with zero attached hydrogens (tertiary/aromatic N) is 10. The highest BCUT2D eigenvalue weighted by atomic mass is 16.6. The van der Waals surface area contributed by atoms with Gasteiger partial charge >= 0.3 is 6.09 Å².